The van der Waals surface area contributed by atoms with E-state index in [0.717, 1.165) is 27.5 Å². The number of fused-ring (bicyclic) bond motifs is 6. The standard InChI is InChI=1S/C45H27N3O2/c1-3-12-28(13-4-1)32-16-7-8-17-33(32)36-19-11-21-39-42(36)37-25-23-31(27-41(37)50-39)45-47-43(29-14-5-2-6-15-29)46-44(48-45)30-22-24-35-34-18-9-10-20-38(34)49-40(35)26-30/h1-27H/i11D,19D,21D,23D,25D,27D. The molecule has 10 aromatic rings. The van der Waals surface area contributed by atoms with E-state index in [1.54, 1.807) is 0 Å². The molecule has 3 aromatic heterocycles. The molecular weight excluding hydrogens is 615 g/mol. The molecule has 0 atom stereocenters. The maximum atomic E-state index is 9.53. The van der Waals surface area contributed by atoms with Gasteiger partial charge in [0.1, 0.15) is 22.3 Å². The van der Waals surface area contributed by atoms with Crippen LogP contribution in [-0.2, 0) is 0 Å². The van der Waals surface area contributed by atoms with Crippen molar-refractivity contribution in [1.29, 1.82) is 0 Å². The lowest BCUT2D eigenvalue weighted by Crippen LogP contribution is -2.00. The Morgan fingerprint density at radius 1 is 0.400 bits per heavy atom. The van der Waals surface area contributed by atoms with Gasteiger partial charge >= 0.3 is 0 Å². The summed E-state index contributed by atoms with van der Waals surface area (Å²) in [5, 5.41) is 2.25. The molecule has 0 aliphatic heterocycles. The lowest BCUT2D eigenvalue weighted by molar-refractivity contribution is 0.668. The van der Waals surface area contributed by atoms with E-state index in [1.165, 1.54) is 0 Å². The summed E-state index contributed by atoms with van der Waals surface area (Å²) in [5.74, 6) is 0.570. The molecule has 0 aliphatic rings. The average Bonchev–Trinajstić information content (AvgIpc) is 3.82. The van der Waals surface area contributed by atoms with Crippen LogP contribution in [0, 0.1) is 0 Å². The molecule has 0 saturated heterocycles. The second kappa shape index (κ2) is 11.4. The molecular formula is C45H27N3O2. The smallest absolute Gasteiger partial charge is 0.164 e. The number of hydrogen-bond acceptors (Lipinski definition) is 5. The van der Waals surface area contributed by atoms with E-state index in [-0.39, 0.29) is 81.0 Å². The third-order valence-corrected chi connectivity index (χ3v) is 8.88. The van der Waals surface area contributed by atoms with Crippen LogP contribution in [0.4, 0.5) is 0 Å². The topological polar surface area (TPSA) is 65.0 Å². The Balaban J connectivity index is 1.24. The van der Waals surface area contributed by atoms with Crippen molar-refractivity contribution in [2.45, 2.75) is 0 Å². The molecule has 0 bridgehead atoms. The molecule has 0 unspecified atom stereocenters. The second-order valence-corrected chi connectivity index (χ2v) is 11.9. The monoisotopic (exact) mass is 647 g/mol. The van der Waals surface area contributed by atoms with Gasteiger partial charge in [-0.2, -0.15) is 0 Å². The fraction of sp³-hybridized carbons (Fsp3) is 0. The highest BCUT2D eigenvalue weighted by atomic mass is 16.3. The van der Waals surface area contributed by atoms with Crippen molar-refractivity contribution >= 4 is 43.9 Å². The van der Waals surface area contributed by atoms with Crippen LogP contribution >= 0.6 is 0 Å². The predicted octanol–water partition coefficient (Wildman–Crippen LogP) is 12.0. The van der Waals surface area contributed by atoms with E-state index in [1.807, 2.05) is 127 Å². The van der Waals surface area contributed by atoms with Crippen LogP contribution in [-0.4, -0.2) is 15.0 Å². The van der Waals surface area contributed by atoms with Gasteiger partial charge in [-0.25, -0.2) is 15.0 Å². The van der Waals surface area contributed by atoms with E-state index in [9.17, 15) is 4.11 Å². The van der Waals surface area contributed by atoms with Gasteiger partial charge in [-0.1, -0.05) is 127 Å². The van der Waals surface area contributed by atoms with Gasteiger partial charge in [-0.3, -0.25) is 0 Å². The summed E-state index contributed by atoms with van der Waals surface area (Å²) < 4.78 is 67.6. The molecule has 5 nitrogen and oxygen atoms in total. The molecule has 0 amide bonds. The second-order valence-electron chi connectivity index (χ2n) is 11.9. The number of hydrogen-bond donors (Lipinski definition) is 0. The Hall–Kier alpha value is -6.85. The van der Waals surface area contributed by atoms with E-state index >= 15 is 0 Å². The third-order valence-electron chi connectivity index (χ3n) is 8.88. The molecule has 0 aliphatic carbocycles. The maximum absolute atomic E-state index is 9.53. The number of furan rings is 2. The van der Waals surface area contributed by atoms with E-state index < -0.39 is 0 Å². The first-order valence-electron chi connectivity index (χ1n) is 19.1. The highest BCUT2D eigenvalue weighted by molar-refractivity contribution is 6.14. The number of para-hydroxylation sites is 1. The van der Waals surface area contributed by atoms with Crippen molar-refractivity contribution < 1.29 is 17.1 Å². The predicted molar refractivity (Wildman–Crippen MR) is 202 cm³/mol. The Morgan fingerprint density at radius 3 is 1.86 bits per heavy atom. The van der Waals surface area contributed by atoms with Gasteiger partial charge in [0.2, 0.25) is 0 Å². The van der Waals surface area contributed by atoms with Gasteiger partial charge in [-0.05, 0) is 58.6 Å². The summed E-state index contributed by atoms with van der Waals surface area (Å²) in [5.41, 5.74) is 5.07. The lowest BCUT2D eigenvalue weighted by atomic mass is 9.92. The first kappa shape index (κ1) is 22.7. The highest BCUT2D eigenvalue weighted by Gasteiger charge is 2.18. The Labute approximate surface area is 295 Å². The molecule has 7 aromatic carbocycles. The van der Waals surface area contributed by atoms with Crippen molar-refractivity contribution in [3.8, 4) is 56.4 Å². The summed E-state index contributed by atoms with van der Waals surface area (Å²) in [6.07, 6.45) is 0. The van der Waals surface area contributed by atoms with Crippen LogP contribution in [0.3, 0.4) is 0 Å². The normalized spacial score (nSPS) is 13.3. The van der Waals surface area contributed by atoms with Crippen molar-refractivity contribution in [3.63, 3.8) is 0 Å². The average molecular weight is 648 g/mol. The highest BCUT2D eigenvalue weighted by Crippen LogP contribution is 2.41. The largest absolute Gasteiger partial charge is 0.456 e. The summed E-state index contributed by atoms with van der Waals surface area (Å²) >= 11 is 0. The zero-order valence-electron chi connectivity index (χ0n) is 32.3. The molecule has 50 heavy (non-hydrogen) atoms. The number of rotatable bonds is 5. The van der Waals surface area contributed by atoms with Gasteiger partial charge in [-0.15, -0.1) is 0 Å². The fourth-order valence-electron chi connectivity index (χ4n) is 6.53. The Kier molecular flexibility index (Phi) is 5.17. The summed E-state index contributed by atoms with van der Waals surface area (Å²) in [4.78, 5) is 14.4. The summed E-state index contributed by atoms with van der Waals surface area (Å²) in [7, 11) is 0. The van der Waals surface area contributed by atoms with Gasteiger partial charge in [0.05, 0.1) is 8.22 Å². The summed E-state index contributed by atoms with van der Waals surface area (Å²) in [6.45, 7) is 0. The zero-order chi connectivity index (χ0) is 38.2. The first-order chi connectivity index (χ1) is 27.3. The van der Waals surface area contributed by atoms with Crippen LogP contribution in [0.15, 0.2) is 172 Å². The minimum Gasteiger partial charge on any atom is -0.456 e. The van der Waals surface area contributed by atoms with Gasteiger partial charge < -0.3 is 8.83 Å². The maximum Gasteiger partial charge on any atom is 0.164 e. The van der Waals surface area contributed by atoms with Gasteiger partial charge in [0.15, 0.2) is 17.5 Å². The molecule has 0 N–H and O–H groups in total. The van der Waals surface area contributed by atoms with Crippen LogP contribution < -0.4 is 0 Å². The van der Waals surface area contributed by atoms with Crippen LogP contribution in [0.5, 0.6) is 0 Å². The Morgan fingerprint density at radius 2 is 1.04 bits per heavy atom. The quantitative estimate of drug-likeness (QED) is 0.186. The van der Waals surface area contributed by atoms with E-state index in [2.05, 4.69) is 0 Å². The van der Waals surface area contributed by atoms with Crippen molar-refractivity contribution in [2.24, 2.45) is 0 Å². The molecule has 0 saturated carbocycles. The minimum atomic E-state index is -0.352. The van der Waals surface area contributed by atoms with Crippen molar-refractivity contribution in [1.82, 2.24) is 15.0 Å². The molecule has 0 radical (unpaired) electrons. The third kappa shape index (κ3) is 4.67. The number of benzene rings is 7. The molecule has 3 heterocycles. The number of aromatic nitrogens is 3. The number of nitrogens with zero attached hydrogens (tertiary/aromatic N) is 3. The molecule has 5 heteroatoms. The molecule has 0 fully saturated rings. The van der Waals surface area contributed by atoms with Gasteiger partial charge in [0.25, 0.3) is 0 Å². The van der Waals surface area contributed by atoms with Gasteiger partial charge in [0, 0.05) is 38.2 Å². The van der Waals surface area contributed by atoms with Crippen LogP contribution in [0.1, 0.15) is 8.22 Å². The molecule has 234 valence electrons. The Bertz CT molecular complexity index is 3220. The van der Waals surface area contributed by atoms with Crippen LogP contribution in [0.2, 0.25) is 0 Å². The molecule has 10 rings (SSSR count). The van der Waals surface area contributed by atoms with Crippen molar-refractivity contribution in [2.75, 3.05) is 0 Å². The fourth-order valence-corrected chi connectivity index (χ4v) is 6.53. The lowest BCUT2D eigenvalue weighted by Gasteiger charge is -2.11. The summed E-state index contributed by atoms with van der Waals surface area (Å²) in [6, 6.07) is 38.1. The van der Waals surface area contributed by atoms with Crippen LogP contribution in [0.25, 0.3) is 100 Å². The zero-order valence-corrected chi connectivity index (χ0v) is 26.3. The van der Waals surface area contributed by atoms with E-state index in [0.29, 0.717) is 28.1 Å². The van der Waals surface area contributed by atoms with E-state index in [4.69, 9.17) is 27.9 Å². The first-order valence-corrected chi connectivity index (χ1v) is 16.1. The minimum absolute atomic E-state index is 0.00693. The SMILES string of the molecule is [2H]c1c([2H])c(-c2ccccc2-c2ccccc2)c2c(oc3c([2H])c(-c4nc(-c5ccccc5)nc(-c5ccc6c(c5)oc5ccccc56)n4)c([2H])c([2H])c32)c1[2H]. The van der Waals surface area contributed by atoms with Crippen molar-refractivity contribution in [3.05, 3.63) is 164 Å². The molecule has 0 spiro atoms.